The number of rotatable bonds is 6. The Morgan fingerprint density at radius 3 is 2.81 bits per heavy atom. The Hall–Kier alpha value is -0.648. The number of hydrogen-bond donors (Lipinski definition) is 2. The van der Waals surface area contributed by atoms with E-state index in [0.717, 1.165) is 16.9 Å². The van der Waals surface area contributed by atoms with Crippen molar-refractivity contribution >= 4 is 10.3 Å². The molecular weight excluding hydrogens is 291 g/mol. The third-order valence-corrected chi connectivity index (χ3v) is 4.69. The second-order valence-electron chi connectivity index (χ2n) is 4.43. The van der Waals surface area contributed by atoms with Crippen molar-refractivity contribution in [2.75, 3.05) is 0 Å². The fourth-order valence-corrected chi connectivity index (χ4v) is 3.28. The summed E-state index contributed by atoms with van der Waals surface area (Å²) in [5, 5.41) is 7.41. The summed E-state index contributed by atoms with van der Waals surface area (Å²) in [7, 11) is 0. The van der Waals surface area contributed by atoms with E-state index in [1.165, 1.54) is 21.5 Å². The monoisotopic (exact) mass is 310 g/mol. The summed E-state index contributed by atoms with van der Waals surface area (Å²) < 4.78 is 1.35. The van der Waals surface area contributed by atoms with E-state index in [2.05, 4.69) is 32.3 Å². The molecule has 0 fully saturated rings. The van der Waals surface area contributed by atoms with Crippen LogP contribution in [0.1, 0.15) is 32.0 Å². The van der Waals surface area contributed by atoms with Gasteiger partial charge in [0, 0.05) is 0 Å². The molecule has 1 aromatic heterocycles. The Bertz CT molecular complexity index is 377. The minimum absolute atomic E-state index is 0.523. The zero-order chi connectivity index (χ0) is 12.1. The fraction of sp³-hybridized carbons (Fsp3) is 0.462. The van der Waals surface area contributed by atoms with Crippen LogP contribution in [-0.4, -0.2) is 11.2 Å². The molecular formula is C13H20N2Pd. The van der Waals surface area contributed by atoms with E-state index in [1.807, 2.05) is 6.20 Å². The number of aromatic amines is 1. The third kappa shape index (κ3) is 3.74. The van der Waals surface area contributed by atoms with Crippen LogP contribution in [0.5, 0.6) is 0 Å². The van der Waals surface area contributed by atoms with E-state index in [9.17, 15) is 0 Å². The number of nitrogens with one attached hydrogen (secondary N) is 2. The zero-order valence-corrected chi connectivity index (χ0v) is 11.7. The molecule has 0 amide bonds. The van der Waals surface area contributed by atoms with Crippen LogP contribution in [0.4, 0.5) is 0 Å². The standard InChI is InChI=1S/C9H13N2.C4H7.Pd/c1-7(2)3-9-4-8(5-10)6-11-9;1-4(2)3;/h5-7,10-11H,3H2,1-2H3;1-2H2,3H3;. The molecule has 0 atom stereocenters. The predicted octanol–water partition coefficient (Wildman–Crippen LogP) is 2.91. The molecule has 0 unspecified atom stereocenters. The van der Waals surface area contributed by atoms with Gasteiger partial charge in [0.05, 0.1) is 0 Å². The van der Waals surface area contributed by atoms with Crippen LogP contribution in [0.25, 0.3) is 0 Å². The van der Waals surface area contributed by atoms with Gasteiger partial charge in [-0.1, -0.05) is 0 Å². The summed E-state index contributed by atoms with van der Waals surface area (Å²) in [6, 6.07) is 0. The molecule has 0 aliphatic rings. The maximum absolute atomic E-state index is 7.41. The molecule has 2 N–H and O–H groups in total. The number of allylic oxidation sites excluding steroid dienone is 1. The molecule has 0 aliphatic heterocycles. The van der Waals surface area contributed by atoms with Crippen molar-refractivity contribution in [3.63, 3.8) is 0 Å². The molecule has 0 radical (unpaired) electrons. The molecule has 0 saturated heterocycles. The summed E-state index contributed by atoms with van der Waals surface area (Å²) in [6.07, 6.45) is 4.47. The summed E-state index contributed by atoms with van der Waals surface area (Å²) in [4.78, 5) is 4.37. The Balaban J connectivity index is 2.87. The molecule has 1 rings (SSSR count). The van der Waals surface area contributed by atoms with E-state index in [-0.39, 0.29) is 0 Å². The summed E-state index contributed by atoms with van der Waals surface area (Å²) in [6.45, 7) is 10.5. The van der Waals surface area contributed by atoms with E-state index >= 15 is 0 Å². The van der Waals surface area contributed by atoms with Crippen molar-refractivity contribution in [3.8, 4) is 0 Å². The number of hydrogen-bond acceptors (Lipinski definition) is 1. The van der Waals surface area contributed by atoms with Crippen molar-refractivity contribution in [3.05, 3.63) is 29.6 Å². The Morgan fingerprint density at radius 1 is 1.62 bits per heavy atom. The number of H-pyrrole nitrogens is 1. The van der Waals surface area contributed by atoms with Gasteiger partial charge >= 0.3 is 106 Å². The molecule has 0 spiro atoms. The van der Waals surface area contributed by atoms with E-state index in [0.29, 0.717) is 23.9 Å². The van der Waals surface area contributed by atoms with Gasteiger partial charge in [0.1, 0.15) is 0 Å². The molecule has 0 aromatic carbocycles. The summed E-state index contributed by atoms with van der Waals surface area (Å²) >= 11 is 0.523. The zero-order valence-electron chi connectivity index (χ0n) is 10.2. The molecule has 16 heavy (non-hydrogen) atoms. The molecule has 1 heterocycles. The topological polar surface area (TPSA) is 39.6 Å². The Kier molecular flexibility index (Phi) is 5.18. The van der Waals surface area contributed by atoms with Crippen molar-refractivity contribution in [2.45, 2.75) is 32.1 Å². The van der Waals surface area contributed by atoms with E-state index in [1.54, 1.807) is 0 Å². The van der Waals surface area contributed by atoms with Gasteiger partial charge in [-0.05, 0) is 0 Å². The SMILES string of the molecule is C=C(C)[CH2][Pd][c]1c(C=N)c[nH]c1CC(C)C. The van der Waals surface area contributed by atoms with Crippen molar-refractivity contribution < 1.29 is 18.0 Å². The van der Waals surface area contributed by atoms with Crippen molar-refractivity contribution in [1.82, 2.24) is 4.98 Å². The van der Waals surface area contributed by atoms with E-state index in [4.69, 9.17) is 5.41 Å². The first-order valence-electron chi connectivity index (χ1n) is 5.41. The van der Waals surface area contributed by atoms with Crippen molar-refractivity contribution in [2.24, 2.45) is 5.92 Å². The first-order valence-corrected chi connectivity index (χ1v) is 7.29. The number of aromatic nitrogens is 1. The van der Waals surface area contributed by atoms with Crippen molar-refractivity contribution in [1.29, 1.82) is 5.41 Å². The van der Waals surface area contributed by atoms with E-state index < -0.39 is 0 Å². The third-order valence-electron chi connectivity index (χ3n) is 2.01. The first kappa shape index (κ1) is 13.4. The van der Waals surface area contributed by atoms with Crippen LogP contribution in [0.3, 0.4) is 0 Å². The molecule has 1 aromatic rings. The second kappa shape index (κ2) is 6.18. The van der Waals surface area contributed by atoms with Gasteiger partial charge in [0.15, 0.2) is 0 Å². The van der Waals surface area contributed by atoms with Gasteiger partial charge in [-0.2, -0.15) is 0 Å². The molecule has 92 valence electrons. The molecule has 0 saturated carbocycles. The average Bonchev–Trinajstić information content (AvgIpc) is 2.56. The van der Waals surface area contributed by atoms with Gasteiger partial charge < -0.3 is 0 Å². The van der Waals surface area contributed by atoms with Crippen LogP contribution < -0.4 is 4.04 Å². The Labute approximate surface area is 106 Å². The normalized spacial score (nSPS) is 11.0. The fourth-order valence-electron chi connectivity index (χ4n) is 1.39. The first-order chi connectivity index (χ1) is 7.54. The van der Waals surface area contributed by atoms with Crippen LogP contribution in [-0.2, 0) is 24.4 Å². The van der Waals surface area contributed by atoms with Crippen LogP contribution in [0, 0.1) is 11.3 Å². The average molecular weight is 311 g/mol. The predicted molar refractivity (Wildman–Crippen MR) is 66.5 cm³/mol. The molecule has 0 aliphatic carbocycles. The summed E-state index contributed by atoms with van der Waals surface area (Å²) in [5.74, 6) is 0.648. The van der Waals surface area contributed by atoms with Crippen LogP contribution >= 0.6 is 0 Å². The molecule has 0 bridgehead atoms. The Morgan fingerprint density at radius 2 is 2.31 bits per heavy atom. The van der Waals surface area contributed by atoms with Gasteiger partial charge in [-0.3, -0.25) is 0 Å². The quantitative estimate of drug-likeness (QED) is 0.461. The molecule has 3 heteroatoms. The van der Waals surface area contributed by atoms with Gasteiger partial charge in [-0.25, -0.2) is 0 Å². The van der Waals surface area contributed by atoms with Crippen LogP contribution in [0.15, 0.2) is 18.3 Å². The second-order valence-corrected chi connectivity index (χ2v) is 6.31. The maximum atomic E-state index is 7.41. The molecule has 2 nitrogen and oxygen atoms in total. The van der Waals surface area contributed by atoms with Gasteiger partial charge in [-0.15, -0.1) is 0 Å². The van der Waals surface area contributed by atoms with Crippen LogP contribution in [0.2, 0.25) is 4.89 Å². The summed E-state index contributed by atoms with van der Waals surface area (Å²) in [5.41, 5.74) is 3.58. The van der Waals surface area contributed by atoms with Gasteiger partial charge in [0.25, 0.3) is 0 Å². The minimum atomic E-state index is 0.523. The van der Waals surface area contributed by atoms with Gasteiger partial charge in [0.2, 0.25) is 0 Å².